The quantitative estimate of drug-likeness (QED) is 0.492. The first kappa shape index (κ1) is 19.2. The van der Waals surface area contributed by atoms with Gasteiger partial charge in [-0.25, -0.2) is 9.59 Å². The molecule has 0 heterocycles. The van der Waals surface area contributed by atoms with E-state index >= 15 is 0 Å². The number of alkyl carbamates (subject to hydrolysis) is 1. The maximum Gasteiger partial charge on any atom is 0.407 e. The molecule has 0 aliphatic heterocycles. The van der Waals surface area contributed by atoms with Crippen molar-refractivity contribution in [3.05, 3.63) is 41.5 Å². The first-order chi connectivity index (χ1) is 11.3. The van der Waals surface area contributed by atoms with E-state index in [1.807, 2.05) is 6.07 Å². The number of esters is 1. The standard InChI is InChI=1S/C18H22N2O4/c1-18(2,3)24-17(22)20-11-4-12-23-16(21)10-9-14-5-7-15(13-19)8-6-14/h5-10H,4,11-12H2,1-3H3,(H,20,22)/b10-9+. The summed E-state index contributed by atoms with van der Waals surface area (Å²) in [5.41, 5.74) is 0.831. The fourth-order valence-corrected chi connectivity index (χ4v) is 1.63. The van der Waals surface area contributed by atoms with Gasteiger partial charge >= 0.3 is 12.1 Å². The highest BCUT2D eigenvalue weighted by Crippen LogP contribution is 2.06. The largest absolute Gasteiger partial charge is 0.462 e. The van der Waals surface area contributed by atoms with E-state index < -0.39 is 17.7 Å². The number of hydrogen-bond acceptors (Lipinski definition) is 5. The fraction of sp³-hybridized carbons (Fsp3) is 0.389. The Hall–Kier alpha value is -2.81. The molecule has 6 heteroatoms. The molecule has 1 rings (SSSR count). The van der Waals surface area contributed by atoms with Crippen LogP contribution in [0.2, 0.25) is 0 Å². The van der Waals surface area contributed by atoms with Crippen molar-refractivity contribution in [1.82, 2.24) is 5.32 Å². The van der Waals surface area contributed by atoms with E-state index in [-0.39, 0.29) is 6.61 Å². The molecule has 1 aromatic rings. The lowest BCUT2D eigenvalue weighted by Gasteiger charge is -2.19. The summed E-state index contributed by atoms with van der Waals surface area (Å²) in [6.07, 6.45) is 2.94. The van der Waals surface area contributed by atoms with Gasteiger partial charge in [0.2, 0.25) is 0 Å². The van der Waals surface area contributed by atoms with E-state index in [4.69, 9.17) is 14.7 Å². The molecule has 24 heavy (non-hydrogen) atoms. The third kappa shape index (κ3) is 8.59. The molecule has 1 aromatic carbocycles. The van der Waals surface area contributed by atoms with Crippen LogP contribution in [0.5, 0.6) is 0 Å². The van der Waals surface area contributed by atoms with Crippen LogP contribution < -0.4 is 5.32 Å². The first-order valence-electron chi connectivity index (χ1n) is 7.62. The molecule has 0 aliphatic rings. The van der Waals surface area contributed by atoms with E-state index in [9.17, 15) is 9.59 Å². The molecule has 0 bridgehead atoms. The molecule has 6 nitrogen and oxygen atoms in total. The Morgan fingerprint density at radius 3 is 2.50 bits per heavy atom. The molecular weight excluding hydrogens is 308 g/mol. The van der Waals surface area contributed by atoms with E-state index in [1.165, 1.54) is 6.08 Å². The minimum atomic E-state index is -0.535. The lowest BCUT2D eigenvalue weighted by atomic mass is 10.1. The van der Waals surface area contributed by atoms with Crippen molar-refractivity contribution in [2.24, 2.45) is 0 Å². The lowest BCUT2D eigenvalue weighted by molar-refractivity contribution is -0.137. The molecule has 0 saturated heterocycles. The van der Waals surface area contributed by atoms with Crippen LogP contribution in [0, 0.1) is 11.3 Å². The Bertz CT molecular complexity index is 622. The summed E-state index contributed by atoms with van der Waals surface area (Å²) in [5, 5.41) is 11.3. The first-order valence-corrected chi connectivity index (χ1v) is 7.62. The summed E-state index contributed by atoms with van der Waals surface area (Å²) >= 11 is 0. The summed E-state index contributed by atoms with van der Waals surface area (Å²) in [6.45, 7) is 5.92. The highest BCUT2D eigenvalue weighted by molar-refractivity contribution is 5.87. The van der Waals surface area contributed by atoms with Crippen molar-refractivity contribution in [2.75, 3.05) is 13.2 Å². The SMILES string of the molecule is CC(C)(C)OC(=O)NCCCOC(=O)/C=C/c1ccc(C#N)cc1. The van der Waals surface area contributed by atoms with Crippen molar-refractivity contribution in [2.45, 2.75) is 32.8 Å². The van der Waals surface area contributed by atoms with Crippen molar-refractivity contribution >= 4 is 18.1 Å². The topological polar surface area (TPSA) is 88.4 Å². The summed E-state index contributed by atoms with van der Waals surface area (Å²) in [5.74, 6) is -0.461. The van der Waals surface area contributed by atoms with Crippen molar-refractivity contribution in [3.63, 3.8) is 0 Å². The van der Waals surface area contributed by atoms with E-state index in [1.54, 1.807) is 51.1 Å². The van der Waals surface area contributed by atoms with Gasteiger partial charge in [-0.15, -0.1) is 0 Å². The Labute approximate surface area is 142 Å². The normalized spacial score (nSPS) is 10.9. The maximum atomic E-state index is 11.6. The van der Waals surface area contributed by atoms with Crippen molar-refractivity contribution in [3.8, 4) is 6.07 Å². The minimum absolute atomic E-state index is 0.201. The molecule has 1 amide bonds. The van der Waals surface area contributed by atoms with Gasteiger partial charge in [-0.2, -0.15) is 5.26 Å². The van der Waals surface area contributed by atoms with Crippen LogP contribution in [0.4, 0.5) is 4.79 Å². The summed E-state index contributed by atoms with van der Waals surface area (Å²) < 4.78 is 10.1. The Balaban J connectivity index is 2.21. The number of hydrogen-bond donors (Lipinski definition) is 1. The number of nitrogens with zero attached hydrogens (tertiary/aromatic N) is 1. The number of nitriles is 1. The van der Waals surface area contributed by atoms with Crippen molar-refractivity contribution in [1.29, 1.82) is 5.26 Å². The second-order valence-electron chi connectivity index (χ2n) is 6.02. The molecule has 0 unspecified atom stereocenters. The Morgan fingerprint density at radius 1 is 1.25 bits per heavy atom. The van der Waals surface area contributed by atoms with Gasteiger partial charge in [-0.3, -0.25) is 0 Å². The van der Waals surface area contributed by atoms with Gasteiger partial charge in [0.15, 0.2) is 0 Å². The predicted molar refractivity (Wildman–Crippen MR) is 90.0 cm³/mol. The van der Waals surface area contributed by atoms with Gasteiger partial charge in [0, 0.05) is 12.6 Å². The predicted octanol–water partition coefficient (Wildman–Crippen LogP) is 3.03. The monoisotopic (exact) mass is 330 g/mol. The minimum Gasteiger partial charge on any atom is -0.462 e. The summed E-state index contributed by atoms with van der Waals surface area (Å²) in [4.78, 5) is 22.9. The van der Waals surface area contributed by atoms with Crippen molar-refractivity contribution < 1.29 is 19.1 Å². The molecule has 0 aromatic heterocycles. The van der Waals surface area contributed by atoms with Crippen LogP contribution in [0.3, 0.4) is 0 Å². The van der Waals surface area contributed by atoms with Gasteiger partial charge in [-0.1, -0.05) is 12.1 Å². The third-order valence-electron chi connectivity index (χ3n) is 2.69. The zero-order chi connectivity index (χ0) is 18.0. The number of carbonyl (C=O) groups excluding carboxylic acids is 2. The number of carbonyl (C=O) groups is 2. The van der Waals surface area contributed by atoms with Crippen LogP contribution in [-0.4, -0.2) is 30.8 Å². The summed E-state index contributed by atoms with van der Waals surface area (Å²) in [7, 11) is 0. The average molecular weight is 330 g/mol. The van der Waals surface area contributed by atoms with Gasteiger partial charge in [0.1, 0.15) is 5.60 Å². The van der Waals surface area contributed by atoms with Gasteiger partial charge in [-0.05, 0) is 51.0 Å². The van der Waals surface area contributed by atoms with E-state index in [0.717, 1.165) is 5.56 Å². The van der Waals surface area contributed by atoms with Crippen LogP contribution >= 0.6 is 0 Å². The fourth-order valence-electron chi connectivity index (χ4n) is 1.63. The molecule has 0 spiro atoms. The number of nitrogens with one attached hydrogen (secondary N) is 1. The van der Waals surface area contributed by atoms with Gasteiger partial charge < -0.3 is 14.8 Å². The molecule has 0 atom stereocenters. The third-order valence-corrected chi connectivity index (χ3v) is 2.69. The number of amides is 1. The Morgan fingerprint density at radius 2 is 1.92 bits per heavy atom. The maximum absolute atomic E-state index is 11.6. The lowest BCUT2D eigenvalue weighted by Crippen LogP contribution is -2.33. The Kier molecular flexibility index (Phi) is 7.50. The van der Waals surface area contributed by atoms with Crippen LogP contribution in [-0.2, 0) is 14.3 Å². The second-order valence-corrected chi connectivity index (χ2v) is 6.02. The number of benzene rings is 1. The average Bonchev–Trinajstić information content (AvgIpc) is 2.51. The molecule has 0 aliphatic carbocycles. The van der Waals surface area contributed by atoms with E-state index in [0.29, 0.717) is 18.5 Å². The van der Waals surface area contributed by atoms with Crippen LogP contribution in [0.15, 0.2) is 30.3 Å². The van der Waals surface area contributed by atoms with Gasteiger partial charge in [0.05, 0.1) is 18.2 Å². The molecule has 128 valence electrons. The summed E-state index contributed by atoms with van der Waals surface area (Å²) in [6, 6.07) is 8.86. The zero-order valence-electron chi connectivity index (χ0n) is 14.2. The molecule has 1 N–H and O–H groups in total. The zero-order valence-corrected chi connectivity index (χ0v) is 14.2. The smallest absolute Gasteiger partial charge is 0.407 e. The van der Waals surface area contributed by atoms with Crippen LogP contribution in [0.25, 0.3) is 6.08 Å². The molecule has 0 radical (unpaired) electrons. The van der Waals surface area contributed by atoms with Gasteiger partial charge in [0.25, 0.3) is 0 Å². The highest BCUT2D eigenvalue weighted by Gasteiger charge is 2.15. The second kappa shape index (κ2) is 9.36. The molecule has 0 fully saturated rings. The van der Waals surface area contributed by atoms with E-state index in [2.05, 4.69) is 5.32 Å². The number of rotatable bonds is 6. The van der Waals surface area contributed by atoms with Crippen LogP contribution in [0.1, 0.15) is 38.3 Å². The molecule has 0 saturated carbocycles. The highest BCUT2D eigenvalue weighted by atomic mass is 16.6. The number of ether oxygens (including phenoxy) is 2. The molecular formula is C18H22N2O4.